The van der Waals surface area contributed by atoms with Crippen molar-refractivity contribution < 1.29 is 9.53 Å². The maximum absolute atomic E-state index is 11.0. The summed E-state index contributed by atoms with van der Waals surface area (Å²) in [5, 5.41) is 5.58. The highest BCUT2D eigenvalue weighted by molar-refractivity contribution is 5.66. The van der Waals surface area contributed by atoms with Crippen LogP contribution in [0.15, 0.2) is 23.4 Å². The molecule has 5 heteroatoms. The van der Waals surface area contributed by atoms with Gasteiger partial charge in [0, 0.05) is 6.54 Å². The van der Waals surface area contributed by atoms with Gasteiger partial charge >= 0.3 is 6.09 Å². The number of nitroso groups, excluding NO2 is 1. The van der Waals surface area contributed by atoms with Gasteiger partial charge in [-0.1, -0.05) is 23.4 Å². The molecule has 1 atom stereocenters. The van der Waals surface area contributed by atoms with Gasteiger partial charge in [0.15, 0.2) is 0 Å². The van der Waals surface area contributed by atoms with E-state index in [1.807, 2.05) is 25.1 Å². The van der Waals surface area contributed by atoms with Crippen molar-refractivity contribution in [3.63, 3.8) is 0 Å². The zero-order chi connectivity index (χ0) is 12.8. The molecule has 1 N–H and O–H groups in total. The molecule has 1 amide bonds. The molecule has 0 saturated carbocycles. The summed E-state index contributed by atoms with van der Waals surface area (Å²) in [4.78, 5) is 21.4. The highest BCUT2D eigenvalue weighted by Gasteiger charge is 2.08. The molecule has 0 aromatic heterocycles. The second-order valence-electron chi connectivity index (χ2n) is 3.81. The van der Waals surface area contributed by atoms with Crippen molar-refractivity contribution in [3.05, 3.63) is 39.8 Å². The largest absolute Gasteiger partial charge is 0.453 e. The van der Waals surface area contributed by atoms with E-state index in [1.54, 1.807) is 6.92 Å². The minimum Gasteiger partial charge on any atom is -0.453 e. The van der Waals surface area contributed by atoms with E-state index in [4.69, 9.17) is 0 Å². The fourth-order valence-corrected chi connectivity index (χ4v) is 1.44. The third-order valence-electron chi connectivity index (χ3n) is 2.62. The molecule has 5 nitrogen and oxygen atoms in total. The van der Waals surface area contributed by atoms with Crippen molar-refractivity contribution in [1.29, 1.82) is 0 Å². The van der Waals surface area contributed by atoms with Crippen LogP contribution in [-0.4, -0.2) is 13.2 Å². The van der Waals surface area contributed by atoms with Crippen LogP contribution < -0.4 is 5.32 Å². The Kier molecular flexibility index (Phi) is 4.63. The van der Waals surface area contributed by atoms with Crippen molar-refractivity contribution >= 4 is 6.09 Å². The van der Waals surface area contributed by atoms with Gasteiger partial charge in [-0.2, -0.15) is 4.91 Å². The van der Waals surface area contributed by atoms with Gasteiger partial charge < -0.3 is 10.1 Å². The van der Waals surface area contributed by atoms with Gasteiger partial charge in [-0.15, -0.1) is 0 Å². The Bertz CT molecular complexity index is 418. The van der Waals surface area contributed by atoms with Crippen LogP contribution in [0.1, 0.15) is 29.7 Å². The lowest BCUT2D eigenvalue weighted by Gasteiger charge is -2.10. The number of carbonyl (C=O) groups is 1. The molecule has 0 spiro atoms. The zero-order valence-corrected chi connectivity index (χ0v) is 10.2. The maximum atomic E-state index is 11.0. The summed E-state index contributed by atoms with van der Waals surface area (Å²) in [6.45, 7) is 4.05. The molecule has 0 bridgehead atoms. The predicted molar refractivity (Wildman–Crippen MR) is 64.6 cm³/mol. The van der Waals surface area contributed by atoms with Gasteiger partial charge in [0.1, 0.15) is 6.04 Å². The van der Waals surface area contributed by atoms with Crippen molar-refractivity contribution in [3.8, 4) is 0 Å². The van der Waals surface area contributed by atoms with Gasteiger partial charge in [-0.3, -0.25) is 0 Å². The Balaban J connectivity index is 2.83. The minimum atomic E-state index is -0.476. The number of carbonyl (C=O) groups excluding carboxylic acids is 1. The molecule has 1 aromatic carbocycles. The molecular weight excluding hydrogens is 220 g/mol. The van der Waals surface area contributed by atoms with E-state index in [0.717, 1.165) is 16.7 Å². The number of ether oxygens (including phenoxy) is 1. The number of amides is 1. The minimum absolute atomic E-state index is 0.373. The summed E-state index contributed by atoms with van der Waals surface area (Å²) in [7, 11) is 1.32. The summed E-state index contributed by atoms with van der Waals surface area (Å²) >= 11 is 0. The molecule has 1 unspecified atom stereocenters. The molecular formula is C12H16N2O3. The fourth-order valence-electron chi connectivity index (χ4n) is 1.44. The van der Waals surface area contributed by atoms with Crippen LogP contribution in [0.25, 0.3) is 0 Å². The SMILES string of the molecule is COC(=O)NCc1cc(C(C)N=O)ccc1C. The lowest BCUT2D eigenvalue weighted by atomic mass is 10.0. The van der Waals surface area contributed by atoms with E-state index in [9.17, 15) is 9.70 Å². The number of nitrogens with zero attached hydrogens (tertiary/aromatic N) is 1. The Morgan fingerprint density at radius 3 is 2.82 bits per heavy atom. The second-order valence-corrected chi connectivity index (χ2v) is 3.81. The van der Waals surface area contributed by atoms with Crippen LogP contribution in [0.3, 0.4) is 0 Å². The number of nitrogens with one attached hydrogen (secondary N) is 1. The van der Waals surface area contributed by atoms with Gasteiger partial charge in [0.05, 0.1) is 7.11 Å². The monoisotopic (exact) mass is 236 g/mol. The number of rotatable bonds is 4. The number of aryl methyl sites for hydroxylation is 1. The molecule has 92 valence electrons. The van der Waals surface area contributed by atoms with E-state index in [1.165, 1.54) is 7.11 Å². The first-order valence-corrected chi connectivity index (χ1v) is 5.32. The van der Waals surface area contributed by atoms with Gasteiger partial charge in [0.2, 0.25) is 0 Å². The fraction of sp³-hybridized carbons (Fsp3) is 0.417. The van der Waals surface area contributed by atoms with Crippen molar-refractivity contribution in [2.24, 2.45) is 5.18 Å². The lowest BCUT2D eigenvalue weighted by Crippen LogP contribution is -2.22. The number of methoxy groups -OCH3 is 1. The maximum Gasteiger partial charge on any atom is 0.407 e. The van der Waals surface area contributed by atoms with Gasteiger partial charge in [0.25, 0.3) is 0 Å². The van der Waals surface area contributed by atoms with E-state index in [2.05, 4.69) is 15.2 Å². The Morgan fingerprint density at radius 1 is 1.53 bits per heavy atom. The van der Waals surface area contributed by atoms with E-state index in [0.29, 0.717) is 6.54 Å². The molecule has 0 aliphatic rings. The first-order valence-electron chi connectivity index (χ1n) is 5.32. The molecule has 0 saturated heterocycles. The van der Waals surface area contributed by atoms with Crippen LogP contribution in [0.5, 0.6) is 0 Å². The van der Waals surface area contributed by atoms with E-state index >= 15 is 0 Å². The number of benzene rings is 1. The molecule has 0 aliphatic carbocycles. The lowest BCUT2D eigenvalue weighted by molar-refractivity contribution is 0.170. The summed E-state index contributed by atoms with van der Waals surface area (Å²) in [5.41, 5.74) is 2.83. The molecule has 0 fully saturated rings. The average Bonchev–Trinajstić information content (AvgIpc) is 2.36. The first kappa shape index (κ1) is 13.2. The second kappa shape index (κ2) is 5.98. The number of alkyl carbamates (subject to hydrolysis) is 1. The van der Waals surface area contributed by atoms with Crippen LogP contribution in [0.4, 0.5) is 4.79 Å². The molecule has 1 rings (SSSR count). The third-order valence-corrected chi connectivity index (χ3v) is 2.62. The average molecular weight is 236 g/mol. The summed E-state index contributed by atoms with van der Waals surface area (Å²) in [6, 6.07) is 5.26. The topological polar surface area (TPSA) is 67.8 Å². The van der Waals surface area contributed by atoms with Gasteiger partial charge in [-0.05, 0) is 30.5 Å². The van der Waals surface area contributed by atoms with Crippen LogP contribution >= 0.6 is 0 Å². The summed E-state index contributed by atoms with van der Waals surface area (Å²) in [6.07, 6.45) is -0.476. The molecule has 17 heavy (non-hydrogen) atoms. The third kappa shape index (κ3) is 3.55. The van der Waals surface area contributed by atoms with Crippen LogP contribution in [0.2, 0.25) is 0 Å². The smallest absolute Gasteiger partial charge is 0.407 e. The van der Waals surface area contributed by atoms with Crippen LogP contribution in [0, 0.1) is 11.8 Å². The Labute approximate surface area is 100 Å². The van der Waals surface area contributed by atoms with Crippen molar-refractivity contribution in [2.45, 2.75) is 26.4 Å². The standard InChI is InChI=1S/C12H16N2O3/c1-8-4-5-10(9(2)14-16)6-11(8)7-13-12(15)17-3/h4-6,9H,7H2,1-3H3,(H,13,15). The Hall–Kier alpha value is -1.91. The van der Waals surface area contributed by atoms with E-state index < -0.39 is 6.09 Å². The van der Waals surface area contributed by atoms with Gasteiger partial charge in [-0.25, -0.2) is 4.79 Å². The van der Waals surface area contributed by atoms with Crippen molar-refractivity contribution in [1.82, 2.24) is 5.32 Å². The van der Waals surface area contributed by atoms with E-state index in [-0.39, 0.29) is 6.04 Å². The molecule has 0 aliphatic heterocycles. The quantitative estimate of drug-likeness (QED) is 0.817. The molecule has 0 heterocycles. The normalized spacial score (nSPS) is 11.7. The zero-order valence-electron chi connectivity index (χ0n) is 10.2. The molecule has 0 radical (unpaired) electrons. The van der Waals surface area contributed by atoms with Crippen molar-refractivity contribution in [2.75, 3.05) is 7.11 Å². The highest BCUT2D eigenvalue weighted by Crippen LogP contribution is 2.19. The van der Waals surface area contributed by atoms with Crippen LogP contribution in [-0.2, 0) is 11.3 Å². The summed E-state index contributed by atoms with van der Waals surface area (Å²) in [5.74, 6) is 0. The highest BCUT2D eigenvalue weighted by atomic mass is 16.5. The predicted octanol–water partition coefficient (Wildman–Crippen LogP) is 2.68. The molecule has 1 aromatic rings. The number of hydrogen-bond acceptors (Lipinski definition) is 4. The summed E-state index contributed by atoms with van der Waals surface area (Å²) < 4.78 is 4.49. The first-order chi connectivity index (χ1) is 8.08. The number of hydrogen-bond donors (Lipinski definition) is 1. The Morgan fingerprint density at radius 2 is 2.24 bits per heavy atom.